The monoisotopic (exact) mass is 326 g/mol. The molecule has 0 saturated heterocycles. The van der Waals surface area contributed by atoms with Crippen molar-refractivity contribution in [2.45, 2.75) is 4.90 Å². The largest absolute Gasteiger partial charge is 0.398 e. The molecule has 0 aliphatic rings. The Morgan fingerprint density at radius 3 is 2.65 bits per heavy atom. The zero-order valence-corrected chi connectivity index (χ0v) is 12.7. The van der Waals surface area contributed by atoms with E-state index in [-0.39, 0.29) is 11.7 Å². The summed E-state index contributed by atoms with van der Waals surface area (Å²) in [4.78, 5) is 12.6. The van der Waals surface area contributed by atoms with Crippen LogP contribution in [0.4, 0.5) is 11.4 Å². The lowest BCUT2D eigenvalue weighted by Gasteiger charge is -2.08. The van der Waals surface area contributed by atoms with Crippen molar-refractivity contribution in [3.05, 3.63) is 52.5 Å². The highest BCUT2D eigenvalue weighted by atomic mass is 35.5. The first-order chi connectivity index (χ1) is 9.56. The van der Waals surface area contributed by atoms with Crippen LogP contribution >= 0.6 is 35.0 Å². The smallest absolute Gasteiger partial charge is 0.234 e. The Morgan fingerprint density at radius 1 is 1.20 bits per heavy atom. The number of carbonyl (C=O) groups excluding carboxylic acids is 1. The highest BCUT2D eigenvalue weighted by Crippen LogP contribution is 2.32. The van der Waals surface area contributed by atoms with Gasteiger partial charge in [-0.1, -0.05) is 35.3 Å². The van der Waals surface area contributed by atoms with Crippen molar-refractivity contribution in [1.82, 2.24) is 0 Å². The van der Waals surface area contributed by atoms with Crippen molar-refractivity contribution in [3.63, 3.8) is 0 Å². The fourth-order valence-electron chi connectivity index (χ4n) is 1.58. The van der Waals surface area contributed by atoms with Gasteiger partial charge in [-0.2, -0.15) is 0 Å². The van der Waals surface area contributed by atoms with Crippen LogP contribution in [-0.4, -0.2) is 11.7 Å². The van der Waals surface area contributed by atoms with Gasteiger partial charge in [-0.05, 0) is 30.3 Å². The number of nitrogen functional groups attached to an aromatic ring is 1. The van der Waals surface area contributed by atoms with E-state index in [0.717, 1.165) is 4.90 Å². The molecule has 0 bridgehead atoms. The van der Waals surface area contributed by atoms with Gasteiger partial charge >= 0.3 is 0 Å². The van der Waals surface area contributed by atoms with Gasteiger partial charge in [0.05, 0.1) is 10.8 Å². The van der Waals surface area contributed by atoms with Gasteiger partial charge in [-0.15, -0.1) is 11.8 Å². The van der Waals surface area contributed by atoms with E-state index in [0.29, 0.717) is 21.4 Å². The number of hydrogen-bond acceptors (Lipinski definition) is 3. The number of anilines is 2. The lowest BCUT2D eigenvalue weighted by atomic mass is 10.3. The first-order valence-electron chi connectivity index (χ1n) is 5.78. The number of hydrogen-bond donors (Lipinski definition) is 2. The molecule has 0 fully saturated rings. The third-order valence-corrected chi connectivity index (χ3v) is 4.27. The predicted octanol–water partition coefficient (Wildman–Crippen LogP) is 4.31. The minimum atomic E-state index is -0.142. The summed E-state index contributed by atoms with van der Waals surface area (Å²) in [7, 11) is 0. The Labute approximate surface area is 131 Å². The molecular formula is C14H12Cl2N2OS. The van der Waals surface area contributed by atoms with E-state index in [1.807, 2.05) is 0 Å². The summed E-state index contributed by atoms with van der Waals surface area (Å²) in [6.07, 6.45) is 0. The molecule has 6 heteroatoms. The number of amides is 1. The van der Waals surface area contributed by atoms with Crippen molar-refractivity contribution in [2.75, 3.05) is 16.8 Å². The minimum absolute atomic E-state index is 0.142. The number of halogens is 2. The summed E-state index contributed by atoms with van der Waals surface area (Å²) in [5.41, 5.74) is 7.06. The maximum absolute atomic E-state index is 11.9. The Morgan fingerprint density at radius 2 is 1.95 bits per heavy atom. The topological polar surface area (TPSA) is 55.1 Å². The van der Waals surface area contributed by atoms with E-state index < -0.39 is 0 Å². The highest BCUT2D eigenvalue weighted by Gasteiger charge is 2.09. The third kappa shape index (κ3) is 4.07. The van der Waals surface area contributed by atoms with Crippen LogP contribution in [0.1, 0.15) is 0 Å². The van der Waals surface area contributed by atoms with Crippen molar-refractivity contribution >= 4 is 52.2 Å². The van der Waals surface area contributed by atoms with Crippen LogP contribution < -0.4 is 11.1 Å². The fourth-order valence-corrected chi connectivity index (χ4v) is 2.90. The van der Waals surface area contributed by atoms with Crippen LogP contribution in [0.25, 0.3) is 0 Å². The molecule has 2 aromatic carbocycles. The van der Waals surface area contributed by atoms with Gasteiger partial charge in [0.15, 0.2) is 0 Å². The Kier molecular flexibility index (Phi) is 5.17. The summed E-state index contributed by atoms with van der Waals surface area (Å²) < 4.78 is 0. The van der Waals surface area contributed by atoms with E-state index in [2.05, 4.69) is 5.32 Å². The molecule has 1 amide bonds. The SMILES string of the molecule is Nc1cccc(Cl)c1SCC(=O)Nc1cccc(Cl)c1. The summed E-state index contributed by atoms with van der Waals surface area (Å²) in [5, 5.41) is 3.89. The molecule has 0 aromatic heterocycles. The average molecular weight is 327 g/mol. The fraction of sp³-hybridized carbons (Fsp3) is 0.0714. The second-order valence-corrected chi connectivity index (χ2v) is 5.83. The number of rotatable bonds is 4. The Balaban J connectivity index is 1.96. The lowest BCUT2D eigenvalue weighted by Crippen LogP contribution is -2.14. The molecule has 0 aliphatic heterocycles. The standard InChI is InChI=1S/C14H12Cl2N2OS/c15-9-3-1-4-10(7-9)18-13(19)8-20-14-11(16)5-2-6-12(14)17/h1-7H,8,17H2,(H,18,19). The molecule has 0 radical (unpaired) electrons. The van der Waals surface area contributed by atoms with E-state index in [1.165, 1.54) is 11.8 Å². The van der Waals surface area contributed by atoms with Crippen molar-refractivity contribution in [1.29, 1.82) is 0 Å². The maximum atomic E-state index is 11.9. The molecule has 3 N–H and O–H groups in total. The van der Waals surface area contributed by atoms with Gasteiger partial charge in [-0.25, -0.2) is 0 Å². The lowest BCUT2D eigenvalue weighted by molar-refractivity contribution is -0.113. The average Bonchev–Trinajstić information content (AvgIpc) is 2.38. The summed E-state index contributed by atoms with van der Waals surface area (Å²) in [5.74, 6) is 0.0806. The number of nitrogens with one attached hydrogen (secondary N) is 1. The molecule has 0 atom stereocenters. The second-order valence-electron chi connectivity index (χ2n) is 4.01. The van der Waals surface area contributed by atoms with Crippen LogP contribution in [0.15, 0.2) is 47.4 Å². The third-order valence-electron chi connectivity index (χ3n) is 2.45. The maximum Gasteiger partial charge on any atom is 0.234 e. The molecule has 2 aromatic rings. The zero-order chi connectivity index (χ0) is 14.5. The van der Waals surface area contributed by atoms with Gasteiger partial charge < -0.3 is 11.1 Å². The van der Waals surface area contributed by atoms with Gasteiger partial charge in [0.1, 0.15) is 0 Å². The van der Waals surface area contributed by atoms with Crippen LogP contribution in [-0.2, 0) is 4.79 Å². The van der Waals surface area contributed by atoms with Crippen LogP contribution in [0, 0.1) is 0 Å². The first kappa shape index (κ1) is 15.0. The van der Waals surface area contributed by atoms with Gasteiger partial charge in [0, 0.05) is 21.3 Å². The van der Waals surface area contributed by atoms with E-state index >= 15 is 0 Å². The molecule has 20 heavy (non-hydrogen) atoms. The number of carbonyl (C=O) groups is 1. The molecule has 0 aliphatic carbocycles. The van der Waals surface area contributed by atoms with Gasteiger partial charge in [0.2, 0.25) is 5.91 Å². The predicted molar refractivity (Wildman–Crippen MR) is 86.7 cm³/mol. The molecule has 0 spiro atoms. The number of benzene rings is 2. The zero-order valence-electron chi connectivity index (χ0n) is 10.4. The van der Waals surface area contributed by atoms with Gasteiger partial charge in [-0.3, -0.25) is 4.79 Å². The molecule has 0 unspecified atom stereocenters. The van der Waals surface area contributed by atoms with Crippen LogP contribution in [0.5, 0.6) is 0 Å². The van der Waals surface area contributed by atoms with E-state index in [1.54, 1.807) is 42.5 Å². The molecular weight excluding hydrogens is 315 g/mol. The van der Waals surface area contributed by atoms with E-state index in [9.17, 15) is 4.79 Å². The van der Waals surface area contributed by atoms with Crippen LogP contribution in [0.3, 0.4) is 0 Å². The molecule has 3 nitrogen and oxygen atoms in total. The van der Waals surface area contributed by atoms with Crippen molar-refractivity contribution in [3.8, 4) is 0 Å². The normalized spacial score (nSPS) is 10.3. The Bertz CT molecular complexity index is 614. The number of nitrogens with two attached hydrogens (primary N) is 1. The summed E-state index contributed by atoms with van der Waals surface area (Å²) in [6, 6.07) is 12.3. The highest BCUT2D eigenvalue weighted by molar-refractivity contribution is 8.00. The minimum Gasteiger partial charge on any atom is -0.398 e. The van der Waals surface area contributed by atoms with Crippen molar-refractivity contribution < 1.29 is 4.79 Å². The van der Waals surface area contributed by atoms with Crippen LogP contribution in [0.2, 0.25) is 10.0 Å². The van der Waals surface area contributed by atoms with Crippen molar-refractivity contribution in [2.24, 2.45) is 0 Å². The summed E-state index contributed by atoms with van der Waals surface area (Å²) in [6.45, 7) is 0. The summed E-state index contributed by atoms with van der Waals surface area (Å²) >= 11 is 13.2. The second kappa shape index (κ2) is 6.88. The molecule has 0 heterocycles. The molecule has 0 saturated carbocycles. The van der Waals surface area contributed by atoms with Gasteiger partial charge in [0.25, 0.3) is 0 Å². The Hall–Kier alpha value is -1.36. The molecule has 104 valence electrons. The van der Waals surface area contributed by atoms with E-state index in [4.69, 9.17) is 28.9 Å². The quantitative estimate of drug-likeness (QED) is 0.650. The molecule has 2 rings (SSSR count). The first-order valence-corrected chi connectivity index (χ1v) is 7.52. The number of thioether (sulfide) groups is 1.